The number of nitrogens with zero attached hydrogens (tertiary/aromatic N) is 3. The average molecular weight is 251 g/mol. The minimum atomic E-state index is 0.226. The monoisotopic (exact) mass is 251 g/mol. The number of likely N-dealkylation sites (tertiary alicyclic amines) is 1. The highest BCUT2D eigenvalue weighted by atomic mass is 16.4. The summed E-state index contributed by atoms with van der Waals surface area (Å²) in [7, 11) is 0. The van der Waals surface area contributed by atoms with Crippen LogP contribution in [0.4, 0.5) is 0 Å². The Bertz CT molecular complexity index is 389. The molecular formula is C13H21N3O2. The predicted octanol–water partition coefficient (Wildman–Crippen LogP) is 1.68. The van der Waals surface area contributed by atoms with Crippen LogP contribution in [0.5, 0.6) is 0 Å². The zero-order valence-electron chi connectivity index (χ0n) is 10.7. The quantitative estimate of drug-likeness (QED) is 0.882. The molecular weight excluding hydrogens is 230 g/mol. The highest BCUT2D eigenvalue weighted by Gasteiger charge is 2.27. The second-order valence-corrected chi connectivity index (χ2v) is 5.46. The van der Waals surface area contributed by atoms with Crippen LogP contribution >= 0.6 is 0 Å². The Morgan fingerprint density at radius 1 is 1.17 bits per heavy atom. The van der Waals surface area contributed by atoms with E-state index in [2.05, 4.69) is 15.1 Å². The Balaban J connectivity index is 1.62. The van der Waals surface area contributed by atoms with Crippen molar-refractivity contribution in [1.29, 1.82) is 0 Å². The van der Waals surface area contributed by atoms with Gasteiger partial charge in [-0.15, -0.1) is 10.2 Å². The van der Waals surface area contributed by atoms with Crippen LogP contribution in [0.15, 0.2) is 4.42 Å². The number of aliphatic hydroxyl groups is 1. The molecule has 5 heteroatoms. The van der Waals surface area contributed by atoms with Gasteiger partial charge in [-0.2, -0.15) is 0 Å². The van der Waals surface area contributed by atoms with Gasteiger partial charge < -0.3 is 9.52 Å². The van der Waals surface area contributed by atoms with Crippen LogP contribution in [0, 0.1) is 0 Å². The van der Waals surface area contributed by atoms with Gasteiger partial charge in [-0.25, -0.2) is 0 Å². The Morgan fingerprint density at radius 3 is 2.78 bits per heavy atom. The maximum atomic E-state index is 9.37. The van der Waals surface area contributed by atoms with Crippen molar-refractivity contribution in [2.24, 2.45) is 0 Å². The van der Waals surface area contributed by atoms with E-state index in [9.17, 15) is 5.11 Å². The van der Waals surface area contributed by atoms with E-state index in [-0.39, 0.29) is 12.6 Å². The number of hydrogen-bond donors (Lipinski definition) is 1. The molecule has 2 heterocycles. The van der Waals surface area contributed by atoms with Gasteiger partial charge in [0.1, 0.15) is 0 Å². The molecule has 1 aliphatic heterocycles. The normalized spacial score (nSPS) is 26.2. The predicted molar refractivity (Wildman–Crippen MR) is 66.0 cm³/mol. The van der Waals surface area contributed by atoms with Crippen LogP contribution < -0.4 is 0 Å². The van der Waals surface area contributed by atoms with E-state index in [0.717, 1.165) is 18.9 Å². The standard InChI is InChI=1S/C13H21N3O2/c17-9-11-6-1-2-7-16(11)8-12-14-15-13(18-12)10-4-3-5-10/h10-11,17H,1-9H2. The van der Waals surface area contributed by atoms with Crippen LogP contribution in [0.2, 0.25) is 0 Å². The third-order valence-corrected chi connectivity index (χ3v) is 4.24. The van der Waals surface area contributed by atoms with Crippen molar-refractivity contribution in [1.82, 2.24) is 15.1 Å². The summed E-state index contributed by atoms with van der Waals surface area (Å²) in [5, 5.41) is 17.7. The molecule has 1 saturated heterocycles. The van der Waals surface area contributed by atoms with Gasteiger partial charge in [0.2, 0.25) is 11.8 Å². The number of rotatable bonds is 4. The summed E-state index contributed by atoms with van der Waals surface area (Å²) in [6, 6.07) is 0.262. The molecule has 1 atom stereocenters. The van der Waals surface area contributed by atoms with E-state index in [4.69, 9.17) is 4.42 Å². The van der Waals surface area contributed by atoms with E-state index in [1.807, 2.05) is 0 Å². The van der Waals surface area contributed by atoms with Crippen LogP contribution in [-0.2, 0) is 6.54 Å². The van der Waals surface area contributed by atoms with Gasteiger partial charge in [-0.1, -0.05) is 12.8 Å². The summed E-state index contributed by atoms with van der Waals surface area (Å²) in [6.45, 7) is 1.93. The van der Waals surface area contributed by atoms with Gasteiger partial charge in [-0.3, -0.25) is 4.90 Å². The molecule has 18 heavy (non-hydrogen) atoms. The van der Waals surface area contributed by atoms with E-state index in [1.165, 1.54) is 32.1 Å². The molecule has 3 rings (SSSR count). The van der Waals surface area contributed by atoms with Gasteiger partial charge in [0, 0.05) is 12.0 Å². The largest absolute Gasteiger partial charge is 0.424 e. The summed E-state index contributed by atoms with van der Waals surface area (Å²) in [6.07, 6.45) is 7.12. The highest BCUT2D eigenvalue weighted by Crippen LogP contribution is 2.35. The Labute approximate surface area is 107 Å². The summed E-state index contributed by atoms with van der Waals surface area (Å²) in [5.41, 5.74) is 0. The Hall–Kier alpha value is -0.940. The van der Waals surface area contributed by atoms with E-state index >= 15 is 0 Å². The van der Waals surface area contributed by atoms with Gasteiger partial charge in [0.05, 0.1) is 13.2 Å². The van der Waals surface area contributed by atoms with Crippen LogP contribution in [0.1, 0.15) is 56.2 Å². The van der Waals surface area contributed by atoms with Crippen molar-refractivity contribution < 1.29 is 9.52 Å². The minimum Gasteiger partial charge on any atom is -0.424 e. The molecule has 2 aliphatic rings. The fraction of sp³-hybridized carbons (Fsp3) is 0.846. The molecule has 0 amide bonds. The van der Waals surface area contributed by atoms with Crippen molar-refractivity contribution in [2.75, 3.05) is 13.2 Å². The van der Waals surface area contributed by atoms with Crippen molar-refractivity contribution in [3.05, 3.63) is 11.8 Å². The highest BCUT2D eigenvalue weighted by molar-refractivity contribution is 4.96. The van der Waals surface area contributed by atoms with E-state index in [0.29, 0.717) is 18.4 Å². The molecule has 1 aliphatic carbocycles. The molecule has 2 fully saturated rings. The lowest BCUT2D eigenvalue weighted by atomic mass is 9.85. The SMILES string of the molecule is OCC1CCCCN1Cc1nnc(C2CCC2)o1. The molecule has 1 aromatic rings. The molecule has 1 unspecified atom stereocenters. The lowest BCUT2D eigenvalue weighted by Gasteiger charge is -2.33. The summed E-state index contributed by atoms with van der Waals surface area (Å²) in [4.78, 5) is 2.27. The molecule has 0 aromatic carbocycles. The Morgan fingerprint density at radius 2 is 2.06 bits per heavy atom. The summed E-state index contributed by atoms with van der Waals surface area (Å²) < 4.78 is 5.74. The third kappa shape index (κ3) is 2.42. The second-order valence-electron chi connectivity index (χ2n) is 5.46. The molecule has 0 radical (unpaired) electrons. The van der Waals surface area contributed by atoms with Crippen molar-refractivity contribution in [3.8, 4) is 0 Å². The fourth-order valence-electron chi connectivity index (χ4n) is 2.80. The van der Waals surface area contributed by atoms with Crippen LogP contribution in [-0.4, -0.2) is 39.4 Å². The molecule has 100 valence electrons. The van der Waals surface area contributed by atoms with Gasteiger partial charge in [0.15, 0.2) is 0 Å². The lowest BCUT2D eigenvalue weighted by Crippen LogP contribution is -2.41. The van der Waals surface area contributed by atoms with Crippen molar-refractivity contribution in [2.45, 2.75) is 57.0 Å². The van der Waals surface area contributed by atoms with Crippen molar-refractivity contribution in [3.63, 3.8) is 0 Å². The molecule has 1 N–H and O–H groups in total. The van der Waals surface area contributed by atoms with Crippen LogP contribution in [0.3, 0.4) is 0 Å². The summed E-state index contributed by atoms with van der Waals surface area (Å²) >= 11 is 0. The average Bonchev–Trinajstić information content (AvgIpc) is 2.76. The first-order chi connectivity index (χ1) is 8.86. The first-order valence-electron chi connectivity index (χ1n) is 7.04. The van der Waals surface area contributed by atoms with Crippen LogP contribution in [0.25, 0.3) is 0 Å². The maximum absolute atomic E-state index is 9.37. The molecule has 0 bridgehead atoms. The number of piperidine rings is 1. The molecule has 1 saturated carbocycles. The van der Waals surface area contributed by atoms with E-state index < -0.39 is 0 Å². The second kappa shape index (κ2) is 5.36. The van der Waals surface area contributed by atoms with Gasteiger partial charge >= 0.3 is 0 Å². The van der Waals surface area contributed by atoms with Gasteiger partial charge in [-0.05, 0) is 32.2 Å². The number of aliphatic hydroxyl groups excluding tert-OH is 1. The first kappa shape index (κ1) is 12.1. The topological polar surface area (TPSA) is 62.4 Å². The summed E-state index contributed by atoms with van der Waals surface area (Å²) in [5.74, 6) is 2.02. The van der Waals surface area contributed by atoms with E-state index in [1.54, 1.807) is 0 Å². The van der Waals surface area contributed by atoms with Crippen molar-refractivity contribution >= 4 is 0 Å². The zero-order valence-corrected chi connectivity index (χ0v) is 10.7. The Kier molecular flexibility index (Phi) is 3.61. The van der Waals surface area contributed by atoms with Gasteiger partial charge in [0.25, 0.3) is 0 Å². The number of aromatic nitrogens is 2. The zero-order chi connectivity index (χ0) is 12.4. The lowest BCUT2D eigenvalue weighted by molar-refractivity contribution is 0.0761. The smallest absolute Gasteiger partial charge is 0.230 e. The fourth-order valence-corrected chi connectivity index (χ4v) is 2.80. The maximum Gasteiger partial charge on any atom is 0.230 e. The minimum absolute atomic E-state index is 0.226. The molecule has 1 aromatic heterocycles. The first-order valence-corrected chi connectivity index (χ1v) is 7.04. The molecule has 0 spiro atoms. The third-order valence-electron chi connectivity index (χ3n) is 4.24. The number of hydrogen-bond acceptors (Lipinski definition) is 5. The molecule has 5 nitrogen and oxygen atoms in total.